The first-order valence-electron chi connectivity index (χ1n) is 5.99. The predicted molar refractivity (Wildman–Crippen MR) is 55.6 cm³/mol. The number of halogens is 3. The first kappa shape index (κ1) is 13.4. The molecule has 2 rings (SSSR count). The molecule has 0 N–H and O–H groups in total. The lowest BCUT2D eigenvalue weighted by atomic mass is 9.76. The number of ether oxygens (including phenoxy) is 1. The number of rotatable bonds is 1. The molecule has 2 aliphatic rings. The lowest BCUT2D eigenvalue weighted by Gasteiger charge is -2.37. The average molecular weight is 264 g/mol. The van der Waals surface area contributed by atoms with E-state index in [2.05, 4.69) is 4.74 Å². The minimum atomic E-state index is -5.01. The van der Waals surface area contributed by atoms with Crippen molar-refractivity contribution in [1.29, 1.82) is 0 Å². The molecule has 2 bridgehead atoms. The fourth-order valence-electron chi connectivity index (χ4n) is 3.13. The van der Waals surface area contributed by atoms with Gasteiger partial charge in [0.25, 0.3) is 0 Å². The zero-order valence-electron chi connectivity index (χ0n) is 10.2. The first-order chi connectivity index (χ1) is 8.15. The van der Waals surface area contributed by atoms with Crippen molar-refractivity contribution in [1.82, 2.24) is 0 Å². The molecule has 0 amide bonds. The van der Waals surface area contributed by atoms with Crippen LogP contribution in [0, 0.1) is 17.8 Å². The summed E-state index contributed by atoms with van der Waals surface area (Å²) in [6.45, 7) is 3.23. The minimum absolute atomic E-state index is 0.0741. The van der Waals surface area contributed by atoms with Crippen molar-refractivity contribution in [2.75, 3.05) is 0 Å². The van der Waals surface area contributed by atoms with E-state index in [1.807, 2.05) is 0 Å². The van der Waals surface area contributed by atoms with Crippen molar-refractivity contribution < 1.29 is 27.5 Å². The highest BCUT2D eigenvalue weighted by Crippen LogP contribution is 2.50. The van der Waals surface area contributed by atoms with E-state index in [0.29, 0.717) is 19.3 Å². The maximum atomic E-state index is 12.2. The third-order valence-electron chi connectivity index (χ3n) is 4.34. The van der Waals surface area contributed by atoms with Crippen molar-refractivity contribution in [2.45, 2.75) is 44.9 Å². The van der Waals surface area contributed by atoms with Gasteiger partial charge in [-0.1, -0.05) is 6.92 Å². The van der Waals surface area contributed by atoms with Crippen LogP contribution in [0.2, 0.25) is 0 Å². The number of carbonyl (C=O) groups is 2. The van der Waals surface area contributed by atoms with Gasteiger partial charge in [-0.2, -0.15) is 13.2 Å². The summed E-state index contributed by atoms with van der Waals surface area (Å²) in [7, 11) is 0. The van der Waals surface area contributed by atoms with Crippen LogP contribution >= 0.6 is 0 Å². The van der Waals surface area contributed by atoms with Crippen LogP contribution in [-0.4, -0.2) is 23.5 Å². The van der Waals surface area contributed by atoms with Crippen molar-refractivity contribution in [3.05, 3.63) is 0 Å². The van der Waals surface area contributed by atoms with Gasteiger partial charge in [-0.25, -0.2) is 4.79 Å². The molecule has 3 nitrogen and oxygen atoms in total. The Hall–Kier alpha value is -1.07. The minimum Gasteiger partial charge on any atom is -0.452 e. The van der Waals surface area contributed by atoms with E-state index in [4.69, 9.17) is 0 Å². The molecular formula is C12H15F3O3. The monoisotopic (exact) mass is 264 g/mol. The van der Waals surface area contributed by atoms with Gasteiger partial charge in [0.05, 0.1) is 5.92 Å². The summed E-state index contributed by atoms with van der Waals surface area (Å²) in [5.41, 5.74) is -1.30. The number of ketones is 1. The van der Waals surface area contributed by atoms with Gasteiger partial charge in [0.1, 0.15) is 11.4 Å². The molecule has 0 aromatic rings. The van der Waals surface area contributed by atoms with Crippen molar-refractivity contribution in [2.24, 2.45) is 17.8 Å². The van der Waals surface area contributed by atoms with Gasteiger partial charge in [-0.3, -0.25) is 4.79 Å². The van der Waals surface area contributed by atoms with Gasteiger partial charge >= 0.3 is 12.1 Å². The molecule has 6 heteroatoms. The summed E-state index contributed by atoms with van der Waals surface area (Å²) in [5, 5.41) is 0. The molecule has 2 saturated carbocycles. The Morgan fingerprint density at radius 1 is 1.44 bits per heavy atom. The van der Waals surface area contributed by atoms with Gasteiger partial charge in [0.2, 0.25) is 0 Å². The molecule has 0 aliphatic heterocycles. The van der Waals surface area contributed by atoms with Crippen LogP contribution < -0.4 is 0 Å². The molecule has 0 spiro atoms. The second kappa shape index (κ2) is 3.96. The van der Waals surface area contributed by atoms with Gasteiger partial charge < -0.3 is 4.74 Å². The van der Waals surface area contributed by atoms with Crippen LogP contribution in [0.25, 0.3) is 0 Å². The fraction of sp³-hybridized carbons (Fsp3) is 0.833. The Balaban J connectivity index is 2.17. The van der Waals surface area contributed by atoms with Crippen LogP contribution in [-0.2, 0) is 14.3 Å². The van der Waals surface area contributed by atoms with E-state index >= 15 is 0 Å². The van der Waals surface area contributed by atoms with Gasteiger partial charge in [-0.15, -0.1) is 0 Å². The number of hydrogen-bond donors (Lipinski definition) is 0. The SMILES string of the molecule is C[C@@H]1C(=O)[C@H]2C[C@@H]1CC[C@]2(C)OC(=O)C(F)(F)F. The molecular weight excluding hydrogens is 249 g/mol. The summed E-state index contributed by atoms with van der Waals surface area (Å²) in [4.78, 5) is 22.9. The number of Topliss-reactive ketones (excluding diaryl/α,β-unsaturated/α-hetero) is 1. The lowest BCUT2D eigenvalue weighted by molar-refractivity contribution is -0.218. The predicted octanol–water partition coefficient (Wildman–Crippen LogP) is 2.49. The van der Waals surface area contributed by atoms with E-state index in [1.165, 1.54) is 6.92 Å². The Bertz CT molecular complexity index is 391. The zero-order valence-corrected chi connectivity index (χ0v) is 10.2. The highest BCUT2D eigenvalue weighted by atomic mass is 19.4. The van der Waals surface area contributed by atoms with Crippen LogP contribution in [0.5, 0.6) is 0 Å². The van der Waals surface area contributed by atoms with Gasteiger partial charge in [0.15, 0.2) is 0 Å². The Labute approximate surface area is 103 Å². The summed E-state index contributed by atoms with van der Waals surface area (Å²) < 4.78 is 41.3. The third kappa shape index (κ3) is 2.01. The maximum absolute atomic E-state index is 12.2. The number of alkyl halides is 3. The van der Waals surface area contributed by atoms with E-state index in [-0.39, 0.29) is 17.6 Å². The summed E-state index contributed by atoms with van der Waals surface area (Å²) in [5.74, 6) is -2.77. The van der Waals surface area contributed by atoms with E-state index in [1.54, 1.807) is 6.92 Å². The van der Waals surface area contributed by atoms with Gasteiger partial charge in [0, 0.05) is 5.92 Å². The Morgan fingerprint density at radius 2 is 2.06 bits per heavy atom. The van der Waals surface area contributed by atoms with Crippen LogP contribution in [0.1, 0.15) is 33.1 Å². The van der Waals surface area contributed by atoms with Crippen molar-refractivity contribution in [3.8, 4) is 0 Å². The van der Waals surface area contributed by atoms with E-state index in [0.717, 1.165) is 0 Å². The number of carbonyl (C=O) groups excluding carboxylic acids is 2. The molecule has 102 valence electrons. The molecule has 0 aromatic carbocycles. The number of hydrogen-bond acceptors (Lipinski definition) is 3. The lowest BCUT2D eigenvalue weighted by Crippen LogP contribution is -2.46. The van der Waals surface area contributed by atoms with Crippen molar-refractivity contribution >= 4 is 11.8 Å². The smallest absolute Gasteiger partial charge is 0.452 e. The highest BCUT2D eigenvalue weighted by Gasteiger charge is 2.56. The molecule has 0 saturated heterocycles. The van der Waals surface area contributed by atoms with Crippen LogP contribution in [0.4, 0.5) is 13.2 Å². The normalized spacial score (nSPS) is 39.8. The second-order valence-corrected chi connectivity index (χ2v) is 5.48. The number of fused-ring (bicyclic) bond motifs is 2. The summed E-state index contributed by atoms with van der Waals surface area (Å²) >= 11 is 0. The maximum Gasteiger partial charge on any atom is 0.490 e. The molecule has 0 aromatic heterocycles. The zero-order chi connectivity index (χ0) is 13.7. The largest absolute Gasteiger partial charge is 0.490 e. The second-order valence-electron chi connectivity index (χ2n) is 5.48. The molecule has 0 radical (unpaired) electrons. The quantitative estimate of drug-likeness (QED) is 0.683. The molecule has 2 aliphatic carbocycles. The average Bonchev–Trinajstić information content (AvgIpc) is 2.49. The summed E-state index contributed by atoms with van der Waals surface area (Å²) in [6, 6.07) is 0. The van der Waals surface area contributed by atoms with Crippen LogP contribution in [0.15, 0.2) is 0 Å². The number of esters is 1. The van der Waals surface area contributed by atoms with Crippen molar-refractivity contribution in [3.63, 3.8) is 0 Å². The molecule has 0 unspecified atom stereocenters. The standard InChI is InChI=1S/C12H15F3O3/c1-6-7-3-4-11(2,8(5-7)9(6)16)18-10(17)12(13,14)15/h6-8H,3-5H2,1-2H3/t6-,7-,8+,11-/m0/s1. The van der Waals surface area contributed by atoms with Crippen LogP contribution in [0.3, 0.4) is 0 Å². The molecule has 4 atom stereocenters. The van der Waals surface area contributed by atoms with E-state index in [9.17, 15) is 22.8 Å². The first-order valence-corrected chi connectivity index (χ1v) is 5.99. The third-order valence-corrected chi connectivity index (χ3v) is 4.34. The van der Waals surface area contributed by atoms with E-state index < -0.39 is 23.7 Å². The Morgan fingerprint density at radius 3 is 2.61 bits per heavy atom. The topological polar surface area (TPSA) is 43.4 Å². The fourth-order valence-corrected chi connectivity index (χ4v) is 3.13. The molecule has 18 heavy (non-hydrogen) atoms. The molecule has 2 fully saturated rings. The Kier molecular flexibility index (Phi) is 2.94. The summed E-state index contributed by atoms with van der Waals surface area (Å²) in [6.07, 6.45) is -3.53. The van der Waals surface area contributed by atoms with Gasteiger partial charge in [-0.05, 0) is 32.1 Å². The molecule has 0 heterocycles. The highest BCUT2D eigenvalue weighted by molar-refractivity contribution is 5.87.